The topological polar surface area (TPSA) is 31.4 Å². The predicted octanol–water partition coefficient (Wildman–Crippen LogP) is 13.3. The van der Waals surface area contributed by atoms with Crippen molar-refractivity contribution >= 4 is 12.6 Å². The summed E-state index contributed by atoms with van der Waals surface area (Å²) in [6.07, 6.45) is 14.5. The van der Waals surface area contributed by atoms with Crippen molar-refractivity contribution in [3.63, 3.8) is 0 Å². The van der Waals surface area contributed by atoms with E-state index >= 15 is 0 Å². The van der Waals surface area contributed by atoms with Gasteiger partial charge in [0.1, 0.15) is 0 Å². The van der Waals surface area contributed by atoms with Crippen molar-refractivity contribution in [3.8, 4) is 44.6 Å². The van der Waals surface area contributed by atoms with Gasteiger partial charge in [-0.1, -0.05) is 149 Å². The van der Waals surface area contributed by atoms with Gasteiger partial charge in [-0.3, -0.25) is 4.98 Å². The van der Waals surface area contributed by atoms with Gasteiger partial charge < -0.3 is 9.31 Å². The van der Waals surface area contributed by atoms with Crippen LogP contribution in [0.5, 0.6) is 0 Å². The number of hydrogen-bond donors (Lipinski definition) is 0. The van der Waals surface area contributed by atoms with E-state index in [1.807, 2.05) is 6.20 Å². The Labute approximate surface area is 347 Å². The second-order valence-electron chi connectivity index (χ2n) is 18.1. The Balaban J connectivity index is 1.16. The van der Waals surface area contributed by atoms with Crippen LogP contribution < -0.4 is 5.46 Å². The van der Waals surface area contributed by atoms with Crippen LogP contribution in [-0.2, 0) is 27.6 Å². The number of unbranched alkanes of at least 4 members (excludes halogenated alkanes) is 6. The van der Waals surface area contributed by atoms with Crippen molar-refractivity contribution < 1.29 is 9.31 Å². The fraction of sp³-hybridized carbons (Fsp3) is 0.352. The van der Waals surface area contributed by atoms with E-state index in [0.717, 1.165) is 29.6 Å². The van der Waals surface area contributed by atoms with E-state index in [2.05, 4.69) is 157 Å². The first-order valence-corrected chi connectivity index (χ1v) is 22.1. The largest absolute Gasteiger partial charge is 0.496 e. The van der Waals surface area contributed by atoms with Crippen molar-refractivity contribution in [3.05, 3.63) is 155 Å². The van der Waals surface area contributed by atoms with Gasteiger partial charge in [-0.15, -0.1) is 0 Å². The Morgan fingerprint density at radius 3 is 1.53 bits per heavy atom. The third-order valence-corrected chi connectivity index (χ3v) is 13.7. The Hall–Kier alpha value is -4.77. The monoisotopic (exact) mass is 763 g/mol. The highest BCUT2D eigenvalue weighted by Crippen LogP contribution is 2.63. The van der Waals surface area contributed by atoms with E-state index in [0.29, 0.717) is 0 Å². The number of benzene rings is 5. The number of rotatable bonds is 13. The Bertz CT molecular complexity index is 2370. The normalized spacial score (nSPS) is 16.3. The minimum absolute atomic E-state index is 0.402. The number of fused-ring (bicyclic) bond motifs is 10. The van der Waals surface area contributed by atoms with Gasteiger partial charge in [0.15, 0.2) is 0 Å². The molecule has 4 heteroatoms. The van der Waals surface area contributed by atoms with Gasteiger partial charge in [0.2, 0.25) is 0 Å². The van der Waals surface area contributed by atoms with E-state index in [1.165, 1.54) is 118 Å². The predicted molar refractivity (Wildman–Crippen MR) is 243 cm³/mol. The maximum Gasteiger partial charge on any atom is 0.496 e. The van der Waals surface area contributed by atoms with Gasteiger partial charge >= 0.3 is 7.12 Å². The van der Waals surface area contributed by atoms with Crippen LogP contribution in [0.25, 0.3) is 44.6 Å². The number of pyridine rings is 1. The zero-order chi connectivity index (χ0) is 40.1. The molecule has 1 aliphatic heterocycles. The molecule has 0 amide bonds. The molecule has 0 N–H and O–H groups in total. The molecule has 1 fully saturated rings. The van der Waals surface area contributed by atoms with Crippen molar-refractivity contribution in [1.29, 1.82) is 0 Å². The summed E-state index contributed by atoms with van der Waals surface area (Å²) < 4.78 is 12.7. The van der Waals surface area contributed by atoms with Gasteiger partial charge in [0.25, 0.3) is 0 Å². The lowest BCUT2D eigenvalue weighted by molar-refractivity contribution is 0.00578. The minimum atomic E-state index is -0.451. The molecule has 2 aliphatic carbocycles. The van der Waals surface area contributed by atoms with E-state index in [4.69, 9.17) is 14.3 Å². The van der Waals surface area contributed by atoms with Gasteiger partial charge in [-0.25, -0.2) is 0 Å². The molecule has 0 radical (unpaired) electrons. The molecule has 3 nitrogen and oxygen atoms in total. The molecule has 3 aliphatic rings. The van der Waals surface area contributed by atoms with E-state index < -0.39 is 23.7 Å². The molecule has 1 aromatic heterocycles. The van der Waals surface area contributed by atoms with Gasteiger partial charge in [0.05, 0.1) is 22.3 Å². The molecule has 6 aromatic rings. The molecular weight excluding hydrogens is 705 g/mol. The maximum absolute atomic E-state index is 6.37. The van der Waals surface area contributed by atoms with E-state index in [9.17, 15) is 0 Å². The van der Waals surface area contributed by atoms with Crippen LogP contribution >= 0.6 is 0 Å². The van der Waals surface area contributed by atoms with E-state index in [-0.39, 0.29) is 0 Å². The van der Waals surface area contributed by atoms with Crippen LogP contribution in [0.2, 0.25) is 0 Å². The zero-order valence-electron chi connectivity index (χ0n) is 35.5. The first-order valence-electron chi connectivity index (χ1n) is 22.1. The van der Waals surface area contributed by atoms with Crippen LogP contribution in [0.3, 0.4) is 0 Å². The van der Waals surface area contributed by atoms with Crippen LogP contribution in [0, 0.1) is 0 Å². The Morgan fingerprint density at radius 2 is 1.00 bits per heavy atom. The highest BCUT2D eigenvalue weighted by molar-refractivity contribution is 6.62. The molecule has 294 valence electrons. The highest BCUT2D eigenvalue weighted by atomic mass is 16.7. The SMILES string of the molecule is CCCCCCc1cc(CCCCCC)cc(-c2ccc3c(c2)C2(c4ccccc4-c4ccccc42)c2cc(-c4ccc(B5OC(C)(C)C(C)(C)O5)cn4)ccc2-3)c1. The molecule has 0 atom stereocenters. The van der Waals surface area contributed by atoms with Crippen LogP contribution in [0.1, 0.15) is 126 Å². The average molecular weight is 764 g/mol. The fourth-order valence-corrected chi connectivity index (χ4v) is 9.90. The molecule has 1 spiro atoms. The van der Waals surface area contributed by atoms with Crippen LogP contribution in [0.4, 0.5) is 0 Å². The van der Waals surface area contributed by atoms with Crippen LogP contribution in [-0.4, -0.2) is 23.3 Å². The Kier molecular flexibility index (Phi) is 10.3. The smallest absolute Gasteiger partial charge is 0.399 e. The summed E-state index contributed by atoms with van der Waals surface area (Å²) in [7, 11) is -0.441. The molecule has 1 saturated heterocycles. The second-order valence-corrected chi connectivity index (χ2v) is 18.1. The van der Waals surface area contributed by atoms with Crippen LogP contribution in [0.15, 0.2) is 121 Å². The third-order valence-electron chi connectivity index (χ3n) is 13.7. The number of hydrogen-bond acceptors (Lipinski definition) is 3. The summed E-state index contributed by atoms with van der Waals surface area (Å²) in [6, 6.07) is 44.3. The van der Waals surface area contributed by atoms with E-state index in [1.54, 1.807) is 0 Å². The summed E-state index contributed by atoms with van der Waals surface area (Å²) >= 11 is 0. The molecule has 0 unspecified atom stereocenters. The lowest BCUT2D eigenvalue weighted by Crippen LogP contribution is -2.41. The number of nitrogens with zero attached hydrogens (tertiary/aromatic N) is 1. The molecule has 0 saturated carbocycles. The zero-order valence-corrected chi connectivity index (χ0v) is 35.5. The van der Waals surface area contributed by atoms with Gasteiger partial charge in [0, 0.05) is 17.2 Å². The molecule has 9 rings (SSSR count). The first kappa shape index (κ1) is 38.7. The van der Waals surface area contributed by atoms with Gasteiger partial charge in [-0.05, 0) is 138 Å². The molecule has 5 aromatic carbocycles. The average Bonchev–Trinajstić information content (AvgIpc) is 3.79. The molecule has 0 bridgehead atoms. The Morgan fingerprint density at radius 1 is 0.483 bits per heavy atom. The summed E-state index contributed by atoms with van der Waals surface area (Å²) in [5, 5.41) is 0. The van der Waals surface area contributed by atoms with Gasteiger partial charge in [-0.2, -0.15) is 0 Å². The maximum atomic E-state index is 6.37. The molecular formula is C54H58BNO2. The summed E-state index contributed by atoms with van der Waals surface area (Å²) in [4.78, 5) is 5.04. The molecule has 2 heterocycles. The quantitative estimate of drug-likeness (QED) is 0.0866. The fourth-order valence-electron chi connectivity index (χ4n) is 9.90. The van der Waals surface area contributed by atoms with Crippen molar-refractivity contribution in [2.45, 2.75) is 122 Å². The number of aryl methyl sites for hydroxylation is 2. The summed E-state index contributed by atoms with van der Waals surface area (Å²) in [5.41, 5.74) is 18.0. The lowest BCUT2D eigenvalue weighted by Gasteiger charge is -2.32. The second kappa shape index (κ2) is 15.4. The lowest BCUT2D eigenvalue weighted by atomic mass is 9.70. The molecule has 58 heavy (non-hydrogen) atoms. The standard InChI is InChI=1S/C54H58BNO2/c1-7-9-11-13-19-37-31-38(20-14-12-10-8-2)33-41(32-37)39-25-28-45-46-29-26-40(51-30-27-42(36-56-51)55-57-52(3,4)53(5,6)58-55)35-50(46)54(49(45)34-39)47-23-17-15-21-43(47)44-22-16-18-24-48(44)54/h15-18,21-36H,7-14,19-20H2,1-6H3. The van der Waals surface area contributed by atoms with Crippen molar-refractivity contribution in [2.75, 3.05) is 0 Å². The number of aromatic nitrogens is 1. The van der Waals surface area contributed by atoms with Crippen molar-refractivity contribution in [2.24, 2.45) is 0 Å². The third kappa shape index (κ3) is 6.57. The van der Waals surface area contributed by atoms with Crippen molar-refractivity contribution in [1.82, 2.24) is 4.98 Å². The summed E-state index contributed by atoms with van der Waals surface area (Å²) in [6.45, 7) is 13.0. The minimum Gasteiger partial charge on any atom is -0.399 e. The first-order chi connectivity index (χ1) is 28.1. The highest BCUT2D eigenvalue weighted by Gasteiger charge is 2.53. The summed E-state index contributed by atoms with van der Waals surface area (Å²) in [5.74, 6) is 0.